The largest absolute Gasteiger partial charge is 0.495 e. The first-order chi connectivity index (χ1) is 7.17. The number of nitriles is 1. The Hall–Kier alpha value is -2.22. The number of amides is 1. The van der Waals surface area contributed by atoms with Gasteiger partial charge >= 0.3 is 0 Å². The summed E-state index contributed by atoms with van der Waals surface area (Å²) in [4.78, 5) is 10.6. The fourth-order valence-electron chi connectivity index (χ4n) is 1.09. The average molecular weight is 205 g/mol. The highest BCUT2D eigenvalue weighted by Gasteiger charge is 2.04. The van der Waals surface area contributed by atoms with Gasteiger partial charge in [-0.2, -0.15) is 5.26 Å². The van der Waals surface area contributed by atoms with E-state index < -0.39 is 5.91 Å². The van der Waals surface area contributed by atoms with Crippen molar-refractivity contribution in [2.45, 2.75) is 0 Å². The van der Waals surface area contributed by atoms with Crippen molar-refractivity contribution in [2.75, 3.05) is 19.0 Å². The SMILES string of the molecule is COc1cc(C#N)ccc1NCC(N)=O. The highest BCUT2D eigenvalue weighted by atomic mass is 16.5. The minimum absolute atomic E-state index is 0.0300. The molecule has 15 heavy (non-hydrogen) atoms. The van der Waals surface area contributed by atoms with Crippen LogP contribution in [0.4, 0.5) is 5.69 Å². The molecule has 0 spiro atoms. The molecule has 0 saturated carbocycles. The number of carbonyl (C=O) groups is 1. The number of ether oxygens (including phenoxy) is 1. The summed E-state index contributed by atoms with van der Waals surface area (Å²) >= 11 is 0. The average Bonchev–Trinajstić information content (AvgIpc) is 2.25. The zero-order chi connectivity index (χ0) is 11.3. The predicted molar refractivity (Wildman–Crippen MR) is 55.4 cm³/mol. The fourth-order valence-corrected chi connectivity index (χ4v) is 1.09. The van der Waals surface area contributed by atoms with Crippen molar-refractivity contribution in [1.82, 2.24) is 0 Å². The number of nitrogens with two attached hydrogens (primary N) is 1. The van der Waals surface area contributed by atoms with Crippen LogP contribution in [0.1, 0.15) is 5.56 Å². The van der Waals surface area contributed by atoms with Gasteiger partial charge in [-0.1, -0.05) is 0 Å². The minimum Gasteiger partial charge on any atom is -0.495 e. The molecule has 1 aromatic rings. The van der Waals surface area contributed by atoms with Gasteiger partial charge in [-0.15, -0.1) is 0 Å². The minimum atomic E-state index is -0.457. The van der Waals surface area contributed by atoms with Crippen molar-refractivity contribution in [1.29, 1.82) is 5.26 Å². The van der Waals surface area contributed by atoms with Gasteiger partial charge in [0.05, 0.1) is 31.0 Å². The Morgan fingerprint density at radius 2 is 2.40 bits per heavy atom. The van der Waals surface area contributed by atoms with E-state index in [2.05, 4.69) is 5.32 Å². The summed E-state index contributed by atoms with van der Waals surface area (Å²) < 4.78 is 5.05. The number of hydrogen-bond acceptors (Lipinski definition) is 4. The number of nitrogens with one attached hydrogen (secondary N) is 1. The number of anilines is 1. The molecule has 78 valence electrons. The van der Waals surface area contributed by atoms with Gasteiger partial charge in [-0.05, 0) is 12.1 Å². The molecule has 0 unspecified atom stereocenters. The van der Waals surface area contributed by atoms with E-state index in [1.165, 1.54) is 7.11 Å². The van der Waals surface area contributed by atoms with E-state index in [0.29, 0.717) is 17.0 Å². The second kappa shape index (κ2) is 4.86. The standard InChI is InChI=1S/C10H11N3O2/c1-15-9-4-7(5-11)2-3-8(9)13-6-10(12)14/h2-4,13H,6H2,1H3,(H2,12,14). The molecule has 5 heteroatoms. The number of methoxy groups -OCH3 is 1. The number of primary amides is 1. The van der Waals surface area contributed by atoms with Gasteiger partial charge < -0.3 is 15.8 Å². The first-order valence-corrected chi connectivity index (χ1v) is 4.27. The first kappa shape index (κ1) is 10.9. The second-order valence-electron chi connectivity index (χ2n) is 2.85. The Morgan fingerprint density at radius 1 is 1.67 bits per heavy atom. The lowest BCUT2D eigenvalue weighted by atomic mass is 10.2. The lowest BCUT2D eigenvalue weighted by Gasteiger charge is -2.09. The monoisotopic (exact) mass is 205 g/mol. The van der Waals surface area contributed by atoms with Crippen molar-refractivity contribution in [3.63, 3.8) is 0 Å². The molecule has 0 aliphatic carbocycles. The Morgan fingerprint density at radius 3 is 2.93 bits per heavy atom. The predicted octanol–water partition coefficient (Wildman–Crippen LogP) is 0.464. The van der Waals surface area contributed by atoms with Gasteiger partial charge in [0.25, 0.3) is 0 Å². The van der Waals surface area contributed by atoms with Crippen LogP contribution >= 0.6 is 0 Å². The molecule has 1 amide bonds. The summed E-state index contributed by atoms with van der Waals surface area (Å²) in [5.41, 5.74) is 6.12. The van der Waals surface area contributed by atoms with Gasteiger partial charge in [0.15, 0.2) is 0 Å². The van der Waals surface area contributed by atoms with Gasteiger partial charge in [0.1, 0.15) is 5.75 Å². The van der Waals surface area contributed by atoms with Crippen molar-refractivity contribution in [3.05, 3.63) is 23.8 Å². The van der Waals surface area contributed by atoms with Crippen LogP contribution in [0.25, 0.3) is 0 Å². The summed E-state index contributed by atoms with van der Waals surface area (Å²) in [7, 11) is 1.49. The molecule has 1 rings (SSSR count). The summed E-state index contributed by atoms with van der Waals surface area (Å²) in [6.07, 6.45) is 0. The van der Waals surface area contributed by atoms with Crippen LogP contribution in [-0.2, 0) is 4.79 Å². The van der Waals surface area contributed by atoms with Crippen LogP contribution in [-0.4, -0.2) is 19.6 Å². The summed E-state index contributed by atoms with van der Waals surface area (Å²) in [5.74, 6) is 0.0525. The van der Waals surface area contributed by atoms with E-state index in [1.807, 2.05) is 6.07 Å². The van der Waals surface area contributed by atoms with Gasteiger partial charge in [0.2, 0.25) is 5.91 Å². The normalized spacial score (nSPS) is 9.07. The third-order valence-corrected chi connectivity index (χ3v) is 1.78. The molecule has 0 aliphatic rings. The van der Waals surface area contributed by atoms with Gasteiger partial charge in [-0.25, -0.2) is 0 Å². The molecular weight excluding hydrogens is 194 g/mol. The molecule has 5 nitrogen and oxygen atoms in total. The van der Waals surface area contributed by atoms with Crippen molar-refractivity contribution in [2.24, 2.45) is 5.73 Å². The van der Waals surface area contributed by atoms with Gasteiger partial charge in [-0.3, -0.25) is 4.79 Å². The molecule has 0 atom stereocenters. The maximum absolute atomic E-state index is 10.6. The highest BCUT2D eigenvalue weighted by Crippen LogP contribution is 2.24. The Kier molecular flexibility index (Phi) is 3.52. The van der Waals surface area contributed by atoms with Crippen LogP contribution in [0.15, 0.2) is 18.2 Å². The van der Waals surface area contributed by atoms with Gasteiger partial charge in [0, 0.05) is 6.07 Å². The third-order valence-electron chi connectivity index (χ3n) is 1.78. The van der Waals surface area contributed by atoms with E-state index in [0.717, 1.165) is 0 Å². The summed E-state index contributed by atoms with van der Waals surface area (Å²) in [5, 5.41) is 11.5. The Labute approximate surface area is 87.4 Å². The number of carbonyl (C=O) groups excluding carboxylic acids is 1. The molecule has 0 fully saturated rings. The van der Waals surface area contributed by atoms with Crippen molar-refractivity contribution >= 4 is 11.6 Å². The number of nitrogens with zero attached hydrogens (tertiary/aromatic N) is 1. The van der Waals surface area contributed by atoms with E-state index in [4.69, 9.17) is 15.7 Å². The molecule has 0 bridgehead atoms. The van der Waals surface area contributed by atoms with Crippen LogP contribution in [0.5, 0.6) is 5.75 Å². The number of rotatable bonds is 4. The molecule has 0 radical (unpaired) electrons. The molecular formula is C10H11N3O2. The second-order valence-corrected chi connectivity index (χ2v) is 2.85. The molecule has 0 saturated heterocycles. The molecule has 3 N–H and O–H groups in total. The zero-order valence-electron chi connectivity index (χ0n) is 8.28. The van der Waals surface area contributed by atoms with Crippen LogP contribution in [0, 0.1) is 11.3 Å². The third kappa shape index (κ3) is 2.88. The quantitative estimate of drug-likeness (QED) is 0.747. The Bertz CT molecular complexity index is 410. The van der Waals surface area contributed by atoms with Crippen molar-refractivity contribution < 1.29 is 9.53 Å². The fraction of sp³-hybridized carbons (Fsp3) is 0.200. The smallest absolute Gasteiger partial charge is 0.236 e. The highest BCUT2D eigenvalue weighted by molar-refractivity contribution is 5.79. The topological polar surface area (TPSA) is 88.1 Å². The zero-order valence-corrected chi connectivity index (χ0v) is 8.28. The number of hydrogen-bond donors (Lipinski definition) is 2. The molecule has 1 aromatic carbocycles. The summed E-state index contributed by atoms with van der Waals surface area (Å²) in [6.45, 7) is 0.0300. The maximum atomic E-state index is 10.6. The lowest BCUT2D eigenvalue weighted by Crippen LogP contribution is -2.22. The number of benzene rings is 1. The van der Waals surface area contributed by atoms with Crippen LogP contribution in [0.3, 0.4) is 0 Å². The van der Waals surface area contributed by atoms with Crippen LogP contribution in [0.2, 0.25) is 0 Å². The van der Waals surface area contributed by atoms with E-state index in [-0.39, 0.29) is 6.54 Å². The molecule has 0 heterocycles. The van der Waals surface area contributed by atoms with E-state index in [9.17, 15) is 4.79 Å². The first-order valence-electron chi connectivity index (χ1n) is 4.27. The van der Waals surface area contributed by atoms with E-state index >= 15 is 0 Å². The lowest BCUT2D eigenvalue weighted by molar-refractivity contribution is -0.116. The molecule has 0 aromatic heterocycles. The summed E-state index contributed by atoms with van der Waals surface area (Å²) in [6, 6.07) is 6.88. The van der Waals surface area contributed by atoms with E-state index in [1.54, 1.807) is 18.2 Å². The molecule has 0 aliphatic heterocycles. The van der Waals surface area contributed by atoms with Crippen molar-refractivity contribution in [3.8, 4) is 11.8 Å². The maximum Gasteiger partial charge on any atom is 0.236 e. The Balaban J connectivity index is 2.88. The van der Waals surface area contributed by atoms with Crippen LogP contribution < -0.4 is 15.8 Å².